The molecular weight excluding hydrogens is 504 g/mol. The average Bonchev–Trinajstić information content (AvgIpc) is 2.48. The van der Waals surface area contributed by atoms with Crippen LogP contribution >= 0.6 is 39.9 Å². The molecule has 5 nitrogen and oxygen atoms in total. The molecule has 0 bridgehead atoms. The zero-order valence-corrected chi connectivity index (χ0v) is 16.8. The van der Waals surface area contributed by atoms with Crippen LogP contribution in [0.3, 0.4) is 0 Å². The maximum atomic E-state index is 12.0. The van der Waals surface area contributed by atoms with E-state index in [-0.39, 0.29) is 42.4 Å². The molecular formula is C14H19BrF3IN4O. The van der Waals surface area contributed by atoms with Crippen LogP contribution in [0.2, 0.25) is 0 Å². The third-order valence-corrected chi connectivity index (χ3v) is 3.21. The van der Waals surface area contributed by atoms with Crippen LogP contribution in [0.4, 0.5) is 13.2 Å². The summed E-state index contributed by atoms with van der Waals surface area (Å²) in [5.74, 6) is 0.0269. The second kappa shape index (κ2) is 11.5. The highest BCUT2D eigenvalue weighted by Crippen LogP contribution is 2.18. The van der Waals surface area contributed by atoms with Crippen molar-refractivity contribution in [3.8, 4) is 0 Å². The summed E-state index contributed by atoms with van der Waals surface area (Å²) >= 11 is 3.28. The summed E-state index contributed by atoms with van der Waals surface area (Å²) < 4.78 is 36.9. The lowest BCUT2D eigenvalue weighted by Crippen LogP contribution is -2.42. The first-order valence-corrected chi connectivity index (χ1v) is 7.66. The van der Waals surface area contributed by atoms with Gasteiger partial charge in [0.25, 0.3) is 5.91 Å². The van der Waals surface area contributed by atoms with Crippen molar-refractivity contribution >= 4 is 51.8 Å². The fourth-order valence-corrected chi connectivity index (χ4v) is 2.03. The summed E-state index contributed by atoms with van der Waals surface area (Å²) in [5.41, 5.74) is 0.520. The van der Waals surface area contributed by atoms with E-state index in [1.807, 2.05) is 6.07 Å². The maximum Gasteiger partial charge on any atom is 0.390 e. The number of nitrogens with zero attached hydrogens (tertiary/aromatic N) is 1. The van der Waals surface area contributed by atoms with E-state index in [1.54, 1.807) is 18.2 Å². The van der Waals surface area contributed by atoms with Gasteiger partial charge in [0.15, 0.2) is 5.96 Å². The quantitative estimate of drug-likeness (QED) is 0.233. The van der Waals surface area contributed by atoms with Crippen molar-refractivity contribution in [3.63, 3.8) is 0 Å². The highest BCUT2D eigenvalue weighted by atomic mass is 127. The fourth-order valence-electron chi connectivity index (χ4n) is 1.63. The SMILES string of the molecule is CN=C(NCCNC(=O)c1cccc(Br)c1)NCCC(F)(F)F.I. The minimum Gasteiger partial charge on any atom is -0.356 e. The lowest BCUT2D eigenvalue weighted by Gasteiger charge is -2.13. The molecule has 24 heavy (non-hydrogen) atoms. The van der Waals surface area contributed by atoms with Crippen LogP contribution in [0.5, 0.6) is 0 Å². The third kappa shape index (κ3) is 9.96. The van der Waals surface area contributed by atoms with Crippen LogP contribution in [0, 0.1) is 0 Å². The van der Waals surface area contributed by atoms with Gasteiger partial charge in [-0.2, -0.15) is 13.2 Å². The summed E-state index contributed by atoms with van der Waals surface area (Å²) in [6.07, 6.45) is -5.14. The van der Waals surface area contributed by atoms with Gasteiger partial charge in [-0.05, 0) is 18.2 Å². The Hall–Kier alpha value is -1.04. The Morgan fingerprint density at radius 1 is 1.17 bits per heavy atom. The molecule has 1 amide bonds. The second-order valence-electron chi connectivity index (χ2n) is 4.56. The summed E-state index contributed by atoms with van der Waals surface area (Å²) in [5, 5.41) is 8.08. The minimum absolute atomic E-state index is 0. The van der Waals surface area contributed by atoms with Crippen LogP contribution in [-0.4, -0.2) is 44.7 Å². The topological polar surface area (TPSA) is 65.5 Å². The molecule has 1 rings (SSSR count). The van der Waals surface area contributed by atoms with Gasteiger partial charge in [-0.1, -0.05) is 22.0 Å². The number of nitrogens with one attached hydrogen (secondary N) is 3. The Bertz CT molecular complexity index is 555. The van der Waals surface area contributed by atoms with Crippen molar-refractivity contribution in [2.45, 2.75) is 12.6 Å². The van der Waals surface area contributed by atoms with Gasteiger partial charge in [0.05, 0.1) is 6.42 Å². The van der Waals surface area contributed by atoms with E-state index in [4.69, 9.17) is 0 Å². The summed E-state index contributed by atoms with van der Waals surface area (Å²) in [4.78, 5) is 15.7. The van der Waals surface area contributed by atoms with Gasteiger partial charge in [0.1, 0.15) is 0 Å². The molecule has 0 fully saturated rings. The molecule has 0 heterocycles. The van der Waals surface area contributed by atoms with Crippen LogP contribution < -0.4 is 16.0 Å². The molecule has 1 aromatic carbocycles. The van der Waals surface area contributed by atoms with Crippen LogP contribution in [-0.2, 0) is 0 Å². The summed E-state index contributed by atoms with van der Waals surface area (Å²) in [7, 11) is 1.46. The first-order valence-electron chi connectivity index (χ1n) is 6.87. The number of alkyl halides is 3. The number of rotatable bonds is 6. The number of hydrogen-bond acceptors (Lipinski definition) is 2. The Morgan fingerprint density at radius 2 is 1.79 bits per heavy atom. The number of guanidine groups is 1. The van der Waals surface area contributed by atoms with Crippen molar-refractivity contribution in [2.75, 3.05) is 26.7 Å². The molecule has 0 atom stereocenters. The fraction of sp³-hybridized carbons (Fsp3) is 0.429. The highest BCUT2D eigenvalue weighted by Gasteiger charge is 2.26. The van der Waals surface area contributed by atoms with Crippen molar-refractivity contribution in [2.24, 2.45) is 4.99 Å². The number of amides is 1. The monoisotopic (exact) mass is 522 g/mol. The third-order valence-electron chi connectivity index (χ3n) is 2.71. The maximum absolute atomic E-state index is 12.0. The molecule has 0 aliphatic heterocycles. The lowest BCUT2D eigenvalue weighted by atomic mass is 10.2. The zero-order valence-electron chi connectivity index (χ0n) is 12.9. The van der Waals surface area contributed by atoms with Crippen LogP contribution in [0.15, 0.2) is 33.7 Å². The van der Waals surface area contributed by atoms with Gasteiger partial charge in [0, 0.05) is 36.7 Å². The van der Waals surface area contributed by atoms with E-state index < -0.39 is 12.6 Å². The van der Waals surface area contributed by atoms with Crippen LogP contribution in [0.1, 0.15) is 16.8 Å². The zero-order chi connectivity index (χ0) is 17.3. The molecule has 10 heteroatoms. The first-order chi connectivity index (χ1) is 10.8. The van der Waals surface area contributed by atoms with E-state index in [0.29, 0.717) is 18.7 Å². The Labute approximate surface area is 164 Å². The van der Waals surface area contributed by atoms with Crippen LogP contribution in [0.25, 0.3) is 0 Å². The number of hydrogen-bond donors (Lipinski definition) is 3. The van der Waals surface area contributed by atoms with Gasteiger partial charge < -0.3 is 16.0 Å². The van der Waals surface area contributed by atoms with Crippen molar-refractivity contribution in [3.05, 3.63) is 34.3 Å². The minimum atomic E-state index is -4.20. The Balaban J connectivity index is 0.00000529. The second-order valence-corrected chi connectivity index (χ2v) is 5.47. The van der Waals surface area contributed by atoms with Crippen molar-refractivity contribution in [1.82, 2.24) is 16.0 Å². The molecule has 0 saturated heterocycles. The molecule has 136 valence electrons. The van der Waals surface area contributed by atoms with E-state index >= 15 is 0 Å². The predicted octanol–water partition coefficient (Wildman–Crippen LogP) is 2.91. The summed E-state index contributed by atoms with van der Waals surface area (Å²) in [6, 6.07) is 6.95. The Morgan fingerprint density at radius 3 is 2.38 bits per heavy atom. The molecule has 3 N–H and O–H groups in total. The smallest absolute Gasteiger partial charge is 0.356 e. The van der Waals surface area contributed by atoms with Gasteiger partial charge in [-0.3, -0.25) is 9.79 Å². The van der Waals surface area contributed by atoms with Crippen molar-refractivity contribution in [1.29, 1.82) is 0 Å². The molecule has 0 spiro atoms. The van der Waals surface area contributed by atoms with Gasteiger partial charge in [0.2, 0.25) is 0 Å². The van der Waals surface area contributed by atoms with Gasteiger partial charge in [-0.15, -0.1) is 24.0 Å². The molecule has 0 radical (unpaired) electrons. The number of carbonyl (C=O) groups excluding carboxylic acids is 1. The number of carbonyl (C=O) groups is 1. The standard InChI is InChI=1S/C14H18BrF3N4O.HI/c1-19-13(21-6-5-14(16,17)18)22-8-7-20-12(23)10-3-2-4-11(15)9-10;/h2-4,9H,5-8H2,1H3,(H,20,23)(H2,19,21,22);1H. The number of halogens is 5. The van der Waals surface area contributed by atoms with E-state index in [2.05, 4.69) is 36.9 Å². The molecule has 1 aromatic rings. The molecule has 0 saturated carbocycles. The first kappa shape index (κ1) is 23.0. The number of aliphatic imine (C=N–C) groups is 1. The van der Waals surface area contributed by atoms with Crippen molar-refractivity contribution < 1.29 is 18.0 Å². The average molecular weight is 523 g/mol. The lowest BCUT2D eigenvalue weighted by molar-refractivity contribution is -0.132. The van der Waals surface area contributed by atoms with E-state index in [0.717, 1.165) is 4.47 Å². The molecule has 0 unspecified atom stereocenters. The molecule has 0 aliphatic carbocycles. The largest absolute Gasteiger partial charge is 0.390 e. The molecule has 0 aliphatic rings. The predicted molar refractivity (Wildman–Crippen MR) is 102 cm³/mol. The van der Waals surface area contributed by atoms with Gasteiger partial charge >= 0.3 is 6.18 Å². The normalized spacial score (nSPS) is 11.5. The van der Waals surface area contributed by atoms with E-state index in [1.165, 1.54) is 7.05 Å². The summed E-state index contributed by atoms with van der Waals surface area (Å²) in [6.45, 7) is 0.393. The van der Waals surface area contributed by atoms with E-state index in [9.17, 15) is 18.0 Å². The number of benzene rings is 1. The Kier molecular flexibility index (Phi) is 11.0. The van der Waals surface area contributed by atoms with Gasteiger partial charge in [-0.25, -0.2) is 0 Å². The highest BCUT2D eigenvalue weighted by molar-refractivity contribution is 14.0. The molecule has 0 aromatic heterocycles.